The molecule has 0 saturated carbocycles. The highest BCUT2D eigenvalue weighted by Crippen LogP contribution is 2.31. The van der Waals surface area contributed by atoms with Crippen molar-refractivity contribution in [3.05, 3.63) is 64.3 Å². The third kappa shape index (κ3) is 5.55. The summed E-state index contributed by atoms with van der Waals surface area (Å²) in [6.07, 6.45) is -4.59. The number of H-pyrrole nitrogens is 1. The van der Waals surface area contributed by atoms with E-state index in [9.17, 15) is 35.6 Å². The number of hydrogen-bond donors (Lipinski definition) is 1. The Hall–Kier alpha value is -3.61. The van der Waals surface area contributed by atoms with Gasteiger partial charge in [-0.15, -0.1) is 0 Å². The van der Waals surface area contributed by atoms with Crippen LogP contribution in [0.25, 0.3) is 10.8 Å². The van der Waals surface area contributed by atoms with Crippen molar-refractivity contribution in [1.82, 2.24) is 9.88 Å². The average molecular weight is 542 g/mol. The second-order valence-corrected chi connectivity index (χ2v) is 10.7. The van der Waals surface area contributed by atoms with E-state index in [0.29, 0.717) is 11.1 Å². The van der Waals surface area contributed by atoms with Crippen LogP contribution in [0.15, 0.2) is 52.3 Å². The lowest BCUT2D eigenvalue weighted by molar-refractivity contribution is -0.189. The first-order chi connectivity index (χ1) is 17.3. The zero-order valence-electron chi connectivity index (χ0n) is 19.8. The number of carbonyl (C=O) groups excluding carboxylic acids is 1. The fraction of sp³-hybridized carbons (Fsp3) is 0.333. The molecule has 0 unspecified atom stereocenters. The van der Waals surface area contributed by atoms with E-state index >= 15 is 0 Å². The molecule has 1 N–H and O–H groups in total. The Morgan fingerprint density at radius 2 is 1.76 bits per heavy atom. The predicted molar refractivity (Wildman–Crippen MR) is 128 cm³/mol. The van der Waals surface area contributed by atoms with Crippen LogP contribution in [0.1, 0.15) is 17.3 Å². The molecule has 1 aromatic heterocycles. The van der Waals surface area contributed by atoms with Gasteiger partial charge < -0.3 is 19.5 Å². The molecule has 3 aromatic rings. The Kier molecular flexibility index (Phi) is 6.93. The molecule has 13 heteroatoms. The normalized spacial score (nSPS) is 15.6. The van der Waals surface area contributed by atoms with Crippen LogP contribution in [-0.2, 0) is 9.84 Å². The molecular formula is C24H23F4N3O5S. The van der Waals surface area contributed by atoms with Gasteiger partial charge in [-0.2, -0.15) is 13.2 Å². The smallest absolute Gasteiger partial charge is 0.425 e. The lowest BCUT2D eigenvalue weighted by Gasteiger charge is -2.36. The molecule has 1 amide bonds. The second-order valence-electron chi connectivity index (χ2n) is 8.71. The Labute approximate surface area is 209 Å². The minimum atomic E-state index is -4.69. The van der Waals surface area contributed by atoms with Crippen molar-refractivity contribution < 1.29 is 35.5 Å². The molecule has 1 aliphatic heterocycles. The molecule has 0 spiro atoms. The maximum absolute atomic E-state index is 14.6. The maximum atomic E-state index is 14.6. The van der Waals surface area contributed by atoms with E-state index in [0.717, 1.165) is 31.4 Å². The largest absolute Gasteiger partial charge is 0.480 e. The van der Waals surface area contributed by atoms with Crippen LogP contribution in [0.3, 0.4) is 0 Å². The fourth-order valence-corrected chi connectivity index (χ4v) is 4.70. The van der Waals surface area contributed by atoms with Crippen molar-refractivity contribution in [2.45, 2.75) is 24.1 Å². The summed E-state index contributed by atoms with van der Waals surface area (Å²) < 4.78 is 82.9. The van der Waals surface area contributed by atoms with Gasteiger partial charge in [0.25, 0.3) is 11.5 Å². The summed E-state index contributed by atoms with van der Waals surface area (Å²) in [6.45, 7) is 1.58. The molecule has 2 aromatic carbocycles. The van der Waals surface area contributed by atoms with Crippen molar-refractivity contribution in [3.8, 4) is 5.75 Å². The van der Waals surface area contributed by atoms with Gasteiger partial charge in [0.15, 0.2) is 15.9 Å². The van der Waals surface area contributed by atoms with Crippen LogP contribution in [0.5, 0.6) is 5.75 Å². The van der Waals surface area contributed by atoms with Crippen molar-refractivity contribution in [2.75, 3.05) is 37.3 Å². The van der Waals surface area contributed by atoms with Crippen LogP contribution < -0.4 is 15.2 Å². The van der Waals surface area contributed by atoms with Crippen LogP contribution in [0.4, 0.5) is 23.2 Å². The number of nitrogens with zero attached hydrogens (tertiary/aromatic N) is 2. The lowest BCUT2D eigenvalue weighted by Crippen LogP contribution is -2.49. The number of rotatable bonds is 5. The lowest BCUT2D eigenvalue weighted by atomic mass is 10.1. The summed E-state index contributed by atoms with van der Waals surface area (Å²) in [7, 11) is -3.75. The summed E-state index contributed by atoms with van der Waals surface area (Å²) in [5.74, 6) is -1.76. The summed E-state index contributed by atoms with van der Waals surface area (Å²) in [4.78, 5) is 30.6. The van der Waals surface area contributed by atoms with Crippen molar-refractivity contribution >= 4 is 32.2 Å². The molecular weight excluding hydrogens is 518 g/mol. The van der Waals surface area contributed by atoms with Gasteiger partial charge in [0.2, 0.25) is 0 Å². The van der Waals surface area contributed by atoms with E-state index in [4.69, 9.17) is 4.74 Å². The molecule has 4 rings (SSSR count). The minimum Gasteiger partial charge on any atom is -0.480 e. The number of aromatic nitrogens is 1. The molecule has 37 heavy (non-hydrogen) atoms. The number of halogens is 4. The summed E-state index contributed by atoms with van der Waals surface area (Å²) in [5.41, 5.74) is -0.348. The summed E-state index contributed by atoms with van der Waals surface area (Å²) in [6, 6.07) is 7.60. The molecule has 1 aliphatic rings. The number of hydrogen-bond acceptors (Lipinski definition) is 6. The maximum Gasteiger partial charge on any atom is 0.425 e. The fourth-order valence-electron chi connectivity index (χ4n) is 4.05. The van der Waals surface area contributed by atoms with Gasteiger partial charge in [0.1, 0.15) is 11.6 Å². The van der Waals surface area contributed by atoms with Gasteiger partial charge in [-0.3, -0.25) is 9.59 Å². The number of nitrogens with one attached hydrogen (secondary N) is 1. The topological polar surface area (TPSA) is 99.8 Å². The van der Waals surface area contributed by atoms with E-state index in [1.54, 1.807) is 12.1 Å². The number of fused-ring (bicyclic) bond motifs is 1. The van der Waals surface area contributed by atoms with Crippen molar-refractivity contribution in [2.24, 2.45) is 0 Å². The zero-order valence-corrected chi connectivity index (χ0v) is 20.6. The van der Waals surface area contributed by atoms with Gasteiger partial charge in [-0.1, -0.05) is 0 Å². The second kappa shape index (κ2) is 9.69. The molecule has 2 heterocycles. The van der Waals surface area contributed by atoms with Crippen LogP contribution in [-0.4, -0.2) is 68.9 Å². The highest BCUT2D eigenvalue weighted by atomic mass is 32.2. The van der Waals surface area contributed by atoms with Gasteiger partial charge in [0.05, 0.1) is 15.8 Å². The number of carbonyl (C=O) groups is 1. The Morgan fingerprint density at radius 1 is 1.08 bits per heavy atom. The Morgan fingerprint density at radius 3 is 2.38 bits per heavy atom. The average Bonchev–Trinajstić information content (AvgIpc) is 2.82. The quantitative estimate of drug-likeness (QED) is 0.498. The molecule has 0 radical (unpaired) electrons. The van der Waals surface area contributed by atoms with Crippen LogP contribution >= 0.6 is 0 Å². The number of sulfone groups is 1. The SMILES string of the molecule is C[C@H](Oc1ccc(S(C)(=O)=O)cc1C(=O)N1CCN(c2cc(F)c3c(=O)[nH]ccc3c2)CC1)C(F)(F)F. The Bertz CT molecular complexity index is 1510. The van der Waals surface area contributed by atoms with Gasteiger partial charge in [-0.25, -0.2) is 12.8 Å². The number of amides is 1. The molecule has 1 fully saturated rings. The molecule has 1 saturated heterocycles. The van der Waals surface area contributed by atoms with Gasteiger partial charge in [-0.05, 0) is 48.7 Å². The molecule has 1 atom stereocenters. The van der Waals surface area contributed by atoms with E-state index < -0.39 is 39.4 Å². The monoisotopic (exact) mass is 541 g/mol. The summed E-state index contributed by atoms with van der Waals surface area (Å²) >= 11 is 0. The highest BCUT2D eigenvalue weighted by molar-refractivity contribution is 7.90. The van der Waals surface area contributed by atoms with E-state index in [-0.39, 0.29) is 47.8 Å². The highest BCUT2D eigenvalue weighted by Gasteiger charge is 2.39. The first-order valence-electron chi connectivity index (χ1n) is 11.2. The number of pyridine rings is 1. The number of piperazine rings is 1. The zero-order chi connectivity index (χ0) is 27.1. The van der Waals surface area contributed by atoms with Crippen molar-refractivity contribution in [1.29, 1.82) is 0 Å². The number of aromatic amines is 1. The number of anilines is 1. The van der Waals surface area contributed by atoms with Crippen LogP contribution in [0.2, 0.25) is 0 Å². The first-order valence-corrected chi connectivity index (χ1v) is 13.1. The van der Waals surface area contributed by atoms with Crippen LogP contribution in [0, 0.1) is 5.82 Å². The van der Waals surface area contributed by atoms with Crippen molar-refractivity contribution in [3.63, 3.8) is 0 Å². The summed E-state index contributed by atoms with van der Waals surface area (Å²) in [5, 5.41) is 0.349. The van der Waals surface area contributed by atoms with Gasteiger partial charge in [0, 0.05) is 44.3 Å². The molecule has 8 nitrogen and oxygen atoms in total. The minimum absolute atomic E-state index is 0.0635. The molecule has 0 aliphatic carbocycles. The number of ether oxygens (including phenoxy) is 1. The van der Waals surface area contributed by atoms with Gasteiger partial charge >= 0.3 is 6.18 Å². The van der Waals surface area contributed by atoms with E-state index in [1.807, 2.05) is 4.90 Å². The molecule has 0 bridgehead atoms. The number of benzene rings is 2. The Balaban J connectivity index is 1.57. The third-order valence-electron chi connectivity index (χ3n) is 6.12. The third-order valence-corrected chi connectivity index (χ3v) is 7.23. The predicted octanol–water partition coefficient (Wildman–Crippen LogP) is 3.36. The first kappa shape index (κ1) is 26.5. The van der Waals surface area contributed by atoms with E-state index in [2.05, 4.69) is 4.98 Å². The number of alkyl halides is 3. The molecule has 198 valence electrons. The van der Waals surface area contributed by atoms with E-state index in [1.165, 1.54) is 17.2 Å². The standard InChI is InChI=1S/C24H23F4N3O5S/c1-14(24(26,27)28)36-20-4-3-17(37(2,34)35)13-18(20)23(33)31-9-7-30(8-10-31)16-11-15-5-6-29-22(32)21(15)19(25)12-16/h3-6,11-14H,7-10H2,1-2H3,(H,29,32)/t14-/m0/s1.